The number of ether oxygens (including phenoxy) is 1. The molecular weight excluding hydrogens is 332 g/mol. The Morgan fingerprint density at radius 2 is 2.08 bits per heavy atom. The molecule has 1 saturated heterocycles. The van der Waals surface area contributed by atoms with E-state index in [9.17, 15) is 4.79 Å². The molecule has 0 aliphatic carbocycles. The Balaban J connectivity index is 1.41. The molecule has 1 atom stereocenters. The van der Waals surface area contributed by atoms with Crippen LogP contribution in [0.25, 0.3) is 11.0 Å². The van der Waals surface area contributed by atoms with Gasteiger partial charge in [-0.25, -0.2) is 9.97 Å². The fourth-order valence-electron chi connectivity index (χ4n) is 3.21. The van der Waals surface area contributed by atoms with E-state index in [1.54, 1.807) is 23.6 Å². The number of rotatable bonds is 4. The Morgan fingerprint density at radius 3 is 2.96 bits per heavy atom. The number of amides is 1. The van der Waals surface area contributed by atoms with E-state index >= 15 is 0 Å². The Morgan fingerprint density at radius 1 is 1.23 bits per heavy atom. The molecule has 8 nitrogen and oxygen atoms in total. The molecule has 1 fully saturated rings. The predicted molar refractivity (Wildman–Crippen MR) is 96.1 cm³/mol. The number of nitrogen functional groups attached to an aromatic ring is 1. The number of benzene rings is 1. The van der Waals surface area contributed by atoms with Crippen LogP contribution in [0.5, 0.6) is 0 Å². The number of aryl methyl sites for hydroxylation is 1. The van der Waals surface area contributed by atoms with Crippen molar-refractivity contribution in [3.63, 3.8) is 0 Å². The molecule has 0 radical (unpaired) electrons. The zero-order chi connectivity index (χ0) is 17.9. The number of para-hydroxylation sites is 2. The van der Waals surface area contributed by atoms with E-state index in [1.165, 1.54) is 0 Å². The number of morpholine rings is 1. The van der Waals surface area contributed by atoms with Crippen molar-refractivity contribution in [2.45, 2.75) is 19.1 Å². The molecule has 1 aliphatic rings. The fraction of sp³-hybridized carbons (Fsp3) is 0.333. The summed E-state index contributed by atoms with van der Waals surface area (Å²) in [5.74, 6) is 0.426. The minimum Gasteiger partial charge on any atom is -0.382 e. The van der Waals surface area contributed by atoms with E-state index in [1.807, 2.05) is 28.8 Å². The predicted octanol–water partition coefficient (Wildman–Crippen LogP) is 1.40. The summed E-state index contributed by atoms with van der Waals surface area (Å²) in [6.45, 7) is 2.06. The van der Waals surface area contributed by atoms with Gasteiger partial charge in [0.1, 0.15) is 17.6 Å². The molecule has 4 rings (SSSR count). The van der Waals surface area contributed by atoms with Gasteiger partial charge in [0.2, 0.25) is 5.91 Å². The van der Waals surface area contributed by atoms with Crippen molar-refractivity contribution in [1.29, 1.82) is 0 Å². The molecule has 2 N–H and O–H groups in total. The van der Waals surface area contributed by atoms with Crippen LogP contribution in [-0.4, -0.2) is 50.0 Å². The Bertz CT molecular complexity index is 925. The summed E-state index contributed by atoms with van der Waals surface area (Å²) in [6, 6.07) is 7.90. The summed E-state index contributed by atoms with van der Waals surface area (Å²) in [4.78, 5) is 27.1. The van der Waals surface area contributed by atoms with Gasteiger partial charge in [-0.15, -0.1) is 0 Å². The van der Waals surface area contributed by atoms with Crippen LogP contribution in [0.1, 0.15) is 18.2 Å². The SMILES string of the molecule is Nc1nccnc1C1CN(C(=O)CCn2cnc3ccccc32)CCO1. The summed E-state index contributed by atoms with van der Waals surface area (Å²) in [5.41, 5.74) is 8.44. The normalized spacial score (nSPS) is 17.5. The molecule has 0 saturated carbocycles. The van der Waals surface area contributed by atoms with Crippen LogP contribution < -0.4 is 5.73 Å². The first-order valence-electron chi connectivity index (χ1n) is 8.58. The van der Waals surface area contributed by atoms with E-state index in [-0.39, 0.29) is 12.0 Å². The number of anilines is 1. The molecule has 0 bridgehead atoms. The van der Waals surface area contributed by atoms with Crippen LogP contribution in [-0.2, 0) is 16.1 Å². The van der Waals surface area contributed by atoms with Crippen LogP contribution in [0.15, 0.2) is 43.0 Å². The van der Waals surface area contributed by atoms with E-state index in [4.69, 9.17) is 10.5 Å². The van der Waals surface area contributed by atoms with Crippen LogP contribution >= 0.6 is 0 Å². The molecule has 1 aliphatic heterocycles. The molecule has 134 valence electrons. The second-order valence-corrected chi connectivity index (χ2v) is 6.20. The standard InChI is InChI=1S/C18H20N6O2/c19-18-17(20-6-7-21-18)15-11-23(9-10-26-15)16(25)5-8-24-12-22-13-3-1-2-4-14(13)24/h1-4,6-7,12,15H,5,8-11H2,(H2,19,21). The van der Waals surface area contributed by atoms with Gasteiger partial charge < -0.3 is 19.9 Å². The second kappa shape index (κ2) is 7.09. The van der Waals surface area contributed by atoms with Crippen molar-refractivity contribution < 1.29 is 9.53 Å². The lowest BCUT2D eigenvalue weighted by atomic mass is 10.2. The quantitative estimate of drug-likeness (QED) is 0.762. The number of hydrogen-bond donors (Lipinski definition) is 1. The zero-order valence-corrected chi connectivity index (χ0v) is 14.3. The van der Waals surface area contributed by atoms with Crippen molar-refractivity contribution in [3.05, 3.63) is 48.7 Å². The third kappa shape index (κ3) is 3.23. The molecule has 26 heavy (non-hydrogen) atoms. The van der Waals surface area contributed by atoms with Crippen molar-refractivity contribution in [1.82, 2.24) is 24.4 Å². The number of fused-ring (bicyclic) bond motifs is 1. The highest BCUT2D eigenvalue weighted by Crippen LogP contribution is 2.24. The Kier molecular flexibility index (Phi) is 4.49. The van der Waals surface area contributed by atoms with Gasteiger partial charge in [0.05, 0.1) is 30.5 Å². The van der Waals surface area contributed by atoms with Crippen molar-refractivity contribution in [2.75, 3.05) is 25.4 Å². The van der Waals surface area contributed by atoms with Gasteiger partial charge >= 0.3 is 0 Å². The molecule has 1 amide bonds. The Labute approximate surface area is 150 Å². The molecule has 2 aromatic heterocycles. The minimum atomic E-state index is -0.338. The van der Waals surface area contributed by atoms with Gasteiger partial charge in [-0.2, -0.15) is 0 Å². The number of hydrogen-bond acceptors (Lipinski definition) is 6. The average Bonchev–Trinajstić information content (AvgIpc) is 3.10. The zero-order valence-electron chi connectivity index (χ0n) is 14.3. The first-order chi connectivity index (χ1) is 12.7. The van der Waals surface area contributed by atoms with Crippen LogP contribution in [0.3, 0.4) is 0 Å². The van der Waals surface area contributed by atoms with Gasteiger partial charge in [-0.3, -0.25) is 9.78 Å². The highest BCUT2D eigenvalue weighted by molar-refractivity contribution is 5.77. The summed E-state index contributed by atoms with van der Waals surface area (Å²) in [5, 5.41) is 0. The van der Waals surface area contributed by atoms with Crippen LogP contribution in [0.4, 0.5) is 5.82 Å². The highest BCUT2D eigenvalue weighted by Gasteiger charge is 2.27. The average molecular weight is 352 g/mol. The van der Waals surface area contributed by atoms with E-state index in [0.29, 0.717) is 44.2 Å². The number of aromatic nitrogens is 4. The van der Waals surface area contributed by atoms with Crippen molar-refractivity contribution in [2.24, 2.45) is 0 Å². The van der Waals surface area contributed by atoms with E-state index in [2.05, 4.69) is 15.0 Å². The third-order valence-electron chi connectivity index (χ3n) is 4.57. The molecular formula is C18H20N6O2. The first kappa shape index (κ1) is 16.5. The summed E-state index contributed by atoms with van der Waals surface area (Å²) in [7, 11) is 0. The number of nitrogens with zero attached hydrogens (tertiary/aromatic N) is 5. The summed E-state index contributed by atoms with van der Waals surface area (Å²) >= 11 is 0. The fourth-order valence-corrected chi connectivity index (χ4v) is 3.21. The molecule has 1 aromatic carbocycles. The summed E-state index contributed by atoms with van der Waals surface area (Å²) < 4.78 is 7.75. The second-order valence-electron chi connectivity index (χ2n) is 6.20. The maximum Gasteiger partial charge on any atom is 0.224 e. The lowest BCUT2D eigenvalue weighted by Crippen LogP contribution is -2.42. The molecule has 3 aromatic rings. The summed E-state index contributed by atoms with van der Waals surface area (Å²) in [6.07, 6.45) is 4.97. The maximum atomic E-state index is 12.7. The highest BCUT2D eigenvalue weighted by atomic mass is 16.5. The number of nitrogens with two attached hydrogens (primary N) is 1. The van der Waals surface area contributed by atoms with Gasteiger partial charge in [0, 0.05) is 31.9 Å². The van der Waals surface area contributed by atoms with Crippen LogP contribution in [0.2, 0.25) is 0 Å². The van der Waals surface area contributed by atoms with Gasteiger partial charge in [-0.1, -0.05) is 12.1 Å². The van der Waals surface area contributed by atoms with Gasteiger partial charge in [-0.05, 0) is 12.1 Å². The Hall–Kier alpha value is -3.00. The molecule has 0 spiro atoms. The minimum absolute atomic E-state index is 0.0820. The largest absolute Gasteiger partial charge is 0.382 e. The van der Waals surface area contributed by atoms with Crippen molar-refractivity contribution >= 4 is 22.8 Å². The molecule has 3 heterocycles. The van der Waals surface area contributed by atoms with Gasteiger partial charge in [0.15, 0.2) is 0 Å². The third-order valence-corrected chi connectivity index (χ3v) is 4.57. The topological polar surface area (TPSA) is 99.2 Å². The molecule has 1 unspecified atom stereocenters. The van der Waals surface area contributed by atoms with Crippen molar-refractivity contribution in [3.8, 4) is 0 Å². The van der Waals surface area contributed by atoms with E-state index < -0.39 is 0 Å². The smallest absolute Gasteiger partial charge is 0.224 e. The number of carbonyl (C=O) groups excluding carboxylic acids is 1. The van der Waals surface area contributed by atoms with E-state index in [0.717, 1.165) is 11.0 Å². The number of carbonyl (C=O) groups is 1. The molecule has 8 heteroatoms. The lowest BCUT2D eigenvalue weighted by molar-refractivity contribution is -0.139. The first-order valence-corrected chi connectivity index (χ1v) is 8.58. The van der Waals surface area contributed by atoms with Crippen LogP contribution in [0, 0.1) is 0 Å². The monoisotopic (exact) mass is 352 g/mol. The number of imidazole rings is 1. The lowest BCUT2D eigenvalue weighted by Gasteiger charge is -2.33. The maximum absolute atomic E-state index is 12.7. The van der Waals surface area contributed by atoms with Gasteiger partial charge in [0.25, 0.3) is 0 Å².